The van der Waals surface area contributed by atoms with Crippen molar-refractivity contribution in [2.75, 3.05) is 0 Å². The zero-order valence-electron chi connectivity index (χ0n) is 7.32. The van der Waals surface area contributed by atoms with E-state index in [-0.39, 0.29) is 6.42 Å². The van der Waals surface area contributed by atoms with Gasteiger partial charge in [0.25, 0.3) is 0 Å². The third-order valence-corrected chi connectivity index (χ3v) is 1.94. The molecule has 0 bridgehead atoms. The first kappa shape index (κ1) is 9.74. The number of hydrogen-bond donors (Lipinski definition) is 1. The van der Waals surface area contributed by atoms with E-state index in [1.54, 1.807) is 0 Å². The van der Waals surface area contributed by atoms with Crippen LogP contribution in [0.4, 0.5) is 0 Å². The van der Waals surface area contributed by atoms with Crippen molar-refractivity contribution >= 4 is 5.97 Å². The predicted molar refractivity (Wildman–Crippen MR) is 48.3 cm³/mol. The second-order valence-corrected chi connectivity index (χ2v) is 2.84. The minimum absolute atomic E-state index is 0.0526. The first-order valence-corrected chi connectivity index (χ1v) is 4.20. The summed E-state index contributed by atoms with van der Waals surface area (Å²) < 4.78 is 0. The largest absolute Gasteiger partial charge is 0.355 e. The Balaban J connectivity index is 2.69. The average Bonchev–Trinajstić information content (AvgIpc) is 2.15. The average molecular weight is 178 g/mol. The van der Waals surface area contributed by atoms with Crippen LogP contribution >= 0.6 is 0 Å². The van der Waals surface area contributed by atoms with Crippen molar-refractivity contribution < 1.29 is 9.90 Å². The van der Waals surface area contributed by atoms with Crippen molar-refractivity contribution in [3.05, 3.63) is 35.4 Å². The number of carbonyl (C=O) groups excluding carboxylic acids is 1. The van der Waals surface area contributed by atoms with E-state index >= 15 is 0 Å². The molecule has 0 aliphatic rings. The molecule has 0 saturated heterocycles. The summed E-state index contributed by atoms with van der Waals surface area (Å²) in [6.45, 7) is 0.448. The normalized spacial score (nSPS) is 9.92. The van der Waals surface area contributed by atoms with Crippen molar-refractivity contribution in [2.24, 2.45) is 5.73 Å². The topological polar surface area (TPSA) is 63.0 Å². The van der Waals surface area contributed by atoms with Crippen LogP contribution in [0.1, 0.15) is 17.5 Å². The molecule has 0 amide bonds. The summed E-state index contributed by atoms with van der Waals surface area (Å²) in [5, 5.41) is 10.2. The summed E-state index contributed by atoms with van der Waals surface area (Å²) in [5.74, 6) is -1.02. The van der Waals surface area contributed by atoms with Gasteiger partial charge in [-0.15, -0.1) is 0 Å². The minimum Gasteiger partial charge on any atom is -0.326 e. The van der Waals surface area contributed by atoms with Gasteiger partial charge in [0.15, 0.2) is 0 Å². The number of carbonyl (C=O) groups is 1. The lowest BCUT2D eigenvalue weighted by Crippen LogP contribution is -2.03. The van der Waals surface area contributed by atoms with E-state index < -0.39 is 5.97 Å². The van der Waals surface area contributed by atoms with E-state index in [0.29, 0.717) is 13.0 Å². The van der Waals surface area contributed by atoms with E-state index in [2.05, 4.69) is 0 Å². The highest BCUT2D eigenvalue weighted by atomic mass is 16.4. The molecule has 0 aromatic heterocycles. The Labute approximate surface area is 77.2 Å². The molecule has 69 valence electrons. The SMILES string of the molecule is NCc1ccccc1CCC([O])=O. The maximum atomic E-state index is 10.2. The van der Waals surface area contributed by atoms with Gasteiger partial charge in [-0.05, 0) is 17.5 Å². The van der Waals surface area contributed by atoms with Crippen molar-refractivity contribution in [2.45, 2.75) is 19.4 Å². The van der Waals surface area contributed by atoms with Gasteiger partial charge in [-0.1, -0.05) is 24.3 Å². The number of nitrogens with two attached hydrogens (primary N) is 1. The summed E-state index contributed by atoms with van der Waals surface area (Å²) in [5.41, 5.74) is 7.49. The van der Waals surface area contributed by atoms with E-state index in [1.165, 1.54) is 0 Å². The van der Waals surface area contributed by atoms with Gasteiger partial charge >= 0.3 is 5.97 Å². The number of benzene rings is 1. The molecule has 0 unspecified atom stereocenters. The zero-order valence-corrected chi connectivity index (χ0v) is 7.32. The molecular formula is C10H12NO2. The maximum Gasteiger partial charge on any atom is 0.355 e. The molecule has 1 aromatic rings. The Morgan fingerprint density at radius 1 is 1.23 bits per heavy atom. The summed E-state index contributed by atoms with van der Waals surface area (Å²) in [7, 11) is 0. The van der Waals surface area contributed by atoms with Crippen LogP contribution in [0.25, 0.3) is 0 Å². The fraction of sp³-hybridized carbons (Fsp3) is 0.300. The molecule has 0 saturated carbocycles. The molecule has 0 heterocycles. The fourth-order valence-electron chi connectivity index (χ4n) is 1.24. The molecule has 0 atom stereocenters. The van der Waals surface area contributed by atoms with Crippen molar-refractivity contribution in [3.8, 4) is 0 Å². The molecule has 0 aliphatic heterocycles. The summed E-state index contributed by atoms with van der Waals surface area (Å²) in [6.07, 6.45) is 0.548. The van der Waals surface area contributed by atoms with E-state index in [1.807, 2.05) is 24.3 Å². The number of aryl methyl sites for hydroxylation is 1. The van der Waals surface area contributed by atoms with Crippen LogP contribution in [0, 0.1) is 0 Å². The highest BCUT2D eigenvalue weighted by Crippen LogP contribution is 2.10. The molecule has 3 heteroatoms. The van der Waals surface area contributed by atoms with E-state index in [4.69, 9.17) is 5.73 Å². The first-order valence-electron chi connectivity index (χ1n) is 4.20. The Hall–Kier alpha value is -1.35. The molecule has 0 aliphatic carbocycles. The van der Waals surface area contributed by atoms with Gasteiger partial charge in [-0.25, -0.2) is 9.90 Å². The molecule has 1 rings (SSSR count). The van der Waals surface area contributed by atoms with Crippen LogP contribution in [0.5, 0.6) is 0 Å². The second kappa shape index (κ2) is 4.62. The lowest BCUT2D eigenvalue weighted by Gasteiger charge is -2.04. The fourth-order valence-corrected chi connectivity index (χ4v) is 1.24. The van der Waals surface area contributed by atoms with Crippen LogP contribution in [-0.4, -0.2) is 5.97 Å². The van der Waals surface area contributed by atoms with Gasteiger partial charge in [0.05, 0.1) is 6.42 Å². The van der Waals surface area contributed by atoms with Crippen LogP contribution < -0.4 is 5.73 Å². The molecule has 2 N–H and O–H groups in total. The maximum absolute atomic E-state index is 10.2. The second-order valence-electron chi connectivity index (χ2n) is 2.84. The third kappa shape index (κ3) is 2.87. The quantitative estimate of drug-likeness (QED) is 0.748. The molecular weight excluding hydrogens is 166 g/mol. The van der Waals surface area contributed by atoms with Crippen LogP contribution in [0.2, 0.25) is 0 Å². The van der Waals surface area contributed by atoms with Gasteiger partial charge < -0.3 is 5.73 Å². The lowest BCUT2D eigenvalue weighted by molar-refractivity contribution is -0.143. The molecule has 13 heavy (non-hydrogen) atoms. The molecule has 1 aromatic carbocycles. The molecule has 0 spiro atoms. The Kier molecular flexibility index (Phi) is 3.46. The number of hydrogen-bond acceptors (Lipinski definition) is 2. The zero-order chi connectivity index (χ0) is 9.68. The third-order valence-electron chi connectivity index (χ3n) is 1.94. The minimum atomic E-state index is -1.02. The number of rotatable bonds is 4. The van der Waals surface area contributed by atoms with Crippen LogP contribution in [0.15, 0.2) is 24.3 Å². The first-order chi connectivity index (χ1) is 6.24. The van der Waals surface area contributed by atoms with Gasteiger partial charge in [-0.3, -0.25) is 0 Å². The Bertz CT molecular complexity index is 297. The van der Waals surface area contributed by atoms with Gasteiger partial charge in [0.2, 0.25) is 0 Å². The van der Waals surface area contributed by atoms with Crippen LogP contribution in [-0.2, 0) is 22.9 Å². The Morgan fingerprint density at radius 3 is 2.38 bits per heavy atom. The van der Waals surface area contributed by atoms with Crippen molar-refractivity contribution in [3.63, 3.8) is 0 Å². The molecule has 3 nitrogen and oxygen atoms in total. The van der Waals surface area contributed by atoms with E-state index in [9.17, 15) is 9.90 Å². The summed E-state index contributed by atoms with van der Waals surface area (Å²) in [4.78, 5) is 10.2. The standard InChI is InChI=1S/C10H12NO2/c11-7-9-4-2-1-3-8(9)5-6-10(12)13/h1-4H,5-7,11H2. The van der Waals surface area contributed by atoms with Crippen molar-refractivity contribution in [1.82, 2.24) is 0 Å². The molecule has 0 fully saturated rings. The lowest BCUT2D eigenvalue weighted by atomic mass is 10.0. The van der Waals surface area contributed by atoms with Gasteiger partial charge in [0.1, 0.15) is 0 Å². The van der Waals surface area contributed by atoms with Crippen molar-refractivity contribution in [1.29, 1.82) is 0 Å². The highest BCUT2D eigenvalue weighted by molar-refractivity contribution is 5.66. The summed E-state index contributed by atoms with van der Waals surface area (Å²) in [6, 6.07) is 7.57. The Morgan fingerprint density at radius 2 is 1.85 bits per heavy atom. The van der Waals surface area contributed by atoms with Gasteiger partial charge in [0, 0.05) is 6.54 Å². The highest BCUT2D eigenvalue weighted by Gasteiger charge is 2.03. The van der Waals surface area contributed by atoms with Crippen LogP contribution in [0.3, 0.4) is 0 Å². The van der Waals surface area contributed by atoms with Gasteiger partial charge in [-0.2, -0.15) is 0 Å². The molecule has 1 radical (unpaired) electrons. The smallest absolute Gasteiger partial charge is 0.326 e. The predicted octanol–water partition coefficient (Wildman–Crippen LogP) is 1.04. The monoisotopic (exact) mass is 178 g/mol. The summed E-state index contributed by atoms with van der Waals surface area (Å²) >= 11 is 0. The van der Waals surface area contributed by atoms with E-state index in [0.717, 1.165) is 11.1 Å².